The SMILES string of the molecule is CCCC(NC(=O)OCC1c2ccccc2-c2ccccc21)C(=O)N1CCSCC1C(=O)O. The summed E-state index contributed by atoms with van der Waals surface area (Å²) >= 11 is 1.52. The Bertz CT molecular complexity index is 997. The van der Waals surface area contributed by atoms with E-state index in [4.69, 9.17) is 4.74 Å². The molecule has 0 saturated carbocycles. The molecule has 2 N–H and O–H groups in total. The highest BCUT2D eigenvalue weighted by Gasteiger charge is 2.36. The first-order valence-electron chi connectivity index (χ1n) is 11.2. The summed E-state index contributed by atoms with van der Waals surface area (Å²) in [4.78, 5) is 38.8. The molecule has 174 valence electrons. The Morgan fingerprint density at radius 2 is 1.76 bits per heavy atom. The third kappa shape index (κ3) is 4.85. The Morgan fingerprint density at radius 3 is 2.36 bits per heavy atom. The summed E-state index contributed by atoms with van der Waals surface area (Å²) in [6, 6.07) is 14.5. The maximum atomic E-state index is 13.1. The minimum atomic E-state index is -1.02. The normalized spacial score (nSPS) is 18.2. The van der Waals surface area contributed by atoms with Crippen LogP contribution in [0.1, 0.15) is 36.8 Å². The van der Waals surface area contributed by atoms with Gasteiger partial charge in [0, 0.05) is 24.0 Å². The molecule has 2 aromatic rings. The van der Waals surface area contributed by atoms with E-state index >= 15 is 0 Å². The smallest absolute Gasteiger partial charge is 0.407 e. The lowest BCUT2D eigenvalue weighted by Gasteiger charge is -2.35. The van der Waals surface area contributed by atoms with Gasteiger partial charge in [0.05, 0.1) is 0 Å². The molecule has 2 amide bonds. The predicted octanol–water partition coefficient (Wildman–Crippen LogP) is 3.72. The van der Waals surface area contributed by atoms with Crippen LogP contribution in [0.5, 0.6) is 0 Å². The molecule has 2 aromatic carbocycles. The van der Waals surface area contributed by atoms with Gasteiger partial charge >= 0.3 is 12.1 Å². The number of amides is 2. The Kier molecular flexibility index (Phi) is 7.23. The molecule has 1 heterocycles. The third-order valence-electron chi connectivity index (χ3n) is 6.21. The predicted molar refractivity (Wildman–Crippen MR) is 127 cm³/mol. The molecule has 1 saturated heterocycles. The van der Waals surface area contributed by atoms with Crippen molar-refractivity contribution in [1.82, 2.24) is 10.2 Å². The van der Waals surface area contributed by atoms with Crippen LogP contribution in [0, 0.1) is 0 Å². The Labute approximate surface area is 197 Å². The van der Waals surface area contributed by atoms with Crippen LogP contribution in [-0.2, 0) is 14.3 Å². The number of carbonyl (C=O) groups is 3. The van der Waals surface area contributed by atoms with E-state index in [9.17, 15) is 19.5 Å². The molecule has 1 aliphatic heterocycles. The maximum Gasteiger partial charge on any atom is 0.407 e. The minimum absolute atomic E-state index is 0.0704. The summed E-state index contributed by atoms with van der Waals surface area (Å²) in [6.45, 7) is 2.43. The standard InChI is InChI=1S/C25H28N2O5S/c1-2-7-21(23(28)27-12-13-33-15-22(27)24(29)30)26-25(31)32-14-20-18-10-5-3-8-16(18)17-9-4-6-11-19(17)20/h3-6,8-11,20-22H,2,7,12-15H2,1H3,(H,26,31)(H,29,30). The summed E-state index contributed by atoms with van der Waals surface area (Å²) in [6.07, 6.45) is 0.418. The molecule has 2 atom stereocenters. The highest BCUT2D eigenvalue weighted by Crippen LogP contribution is 2.44. The second-order valence-electron chi connectivity index (χ2n) is 8.27. The number of aliphatic carboxylic acids is 1. The number of rotatable bonds is 7. The summed E-state index contributed by atoms with van der Waals surface area (Å²) in [5, 5.41) is 12.2. The van der Waals surface area contributed by atoms with Crippen molar-refractivity contribution in [3.8, 4) is 11.1 Å². The van der Waals surface area contributed by atoms with E-state index in [1.807, 2.05) is 43.3 Å². The number of benzene rings is 2. The van der Waals surface area contributed by atoms with Crippen LogP contribution in [0.4, 0.5) is 4.79 Å². The van der Waals surface area contributed by atoms with Crippen molar-refractivity contribution < 1.29 is 24.2 Å². The van der Waals surface area contributed by atoms with Crippen molar-refractivity contribution in [2.75, 3.05) is 24.7 Å². The Balaban J connectivity index is 1.43. The van der Waals surface area contributed by atoms with E-state index in [0.717, 1.165) is 22.3 Å². The van der Waals surface area contributed by atoms with Gasteiger partial charge in [-0.25, -0.2) is 9.59 Å². The largest absolute Gasteiger partial charge is 0.480 e. The Morgan fingerprint density at radius 1 is 1.12 bits per heavy atom. The molecule has 4 rings (SSSR count). The molecular weight excluding hydrogens is 440 g/mol. The molecule has 0 bridgehead atoms. The third-order valence-corrected chi connectivity index (χ3v) is 7.23. The number of hydrogen-bond acceptors (Lipinski definition) is 5. The van der Waals surface area contributed by atoms with Crippen LogP contribution < -0.4 is 5.32 Å². The fourth-order valence-electron chi connectivity index (χ4n) is 4.60. The number of alkyl carbamates (subject to hydrolysis) is 1. The lowest BCUT2D eigenvalue weighted by Crippen LogP contribution is -2.57. The highest BCUT2D eigenvalue weighted by molar-refractivity contribution is 7.99. The first-order chi connectivity index (χ1) is 16.0. The number of carbonyl (C=O) groups excluding carboxylic acids is 2. The van der Waals surface area contributed by atoms with Crippen molar-refractivity contribution >= 4 is 29.7 Å². The summed E-state index contributed by atoms with van der Waals surface area (Å²) in [7, 11) is 0. The molecule has 2 aliphatic rings. The average molecular weight is 469 g/mol. The summed E-state index contributed by atoms with van der Waals surface area (Å²) in [5.74, 6) is -0.423. The lowest BCUT2D eigenvalue weighted by molar-refractivity contribution is -0.150. The number of ether oxygens (including phenoxy) is 1. The van der Waals surface area contributed by atoms with Crippen LogP contribution in [0.3, 0.4) is 0 Å². The van der Waals surface area contributed by atoms with Gasteiger partial charge in [-0.15, -0.1) is 0 Å². The van der Waals surface area contributed by atoms with E-state index in [-0.39, 0.29) is 18.4 Å². The van der Waals surface area contributed by atoms with Gasteiger partial charge in [0.15, 0.2) is 0 Å². The number of carboxylic acids is 1. The minimum Gasteiger partial charge on any atom is -0.480 e. The van der Waals surface area contributed by atoms with Crippen LogP contribution in [-0.4, -0.2) is 64.7 Å². The highest BCUT2D eigenvalue weighted by atomic mass is 32.2. The molecule has 1 aliphatic carbocycles. The molecule has 2 unspecified atom stereocenters. The molecule has 1 fully saturated rings. The summed E-state index contributed by atoms with van der Waals surface area (Å²) in [5.41, 5.74) is 4.51. The maximum absolute atomic E-state index is 13.1. The van der Waals surface area contributed by atoms with Gasteiger partial charge in [0.25, 0.3) is 0 Å². The molecule has 7 nitrogen and oxygen atoms in total. The zero-order chi connectivity index (χ0) is 23.4. The first kappa shape index (κ1) is 23.2. The number of nitrogens with zero attached hydrogens (tertiary/aromatic N) is 1. The quantitative estimate of drug-likeness (QED) is 0.643. The van der Waals surface area contributed by atoms with Gasteiger partial charge in [-0.05, 0) is 28.7 Å². The van der Waals surface area contributed by atoms with E-state index in [2.05, 4.69) is 17.4 Å². The van der Waals surface area contributed by atoms with Crippen LogP contribution in [0.15, 0.2) is 48.5 Å². The molecule has 33 heavy (non-hydrogen) atoms. The van der Waals surface area contributed by atoms with Gasteiger partial charge in [0.1, 0.15) is 18.7 Å². The van der Waals surface area contributed by atoms with Crippen molar-refractivity contribution in [3.05, 3.63) is 59.7 Å². The van der Waals surface area contributed by atoms with Crippen molar-refractivity contribution in [1.29, 1.82) is 0 Å². The van der Waals surface area contributed by atoms with Gasteiger partial charge in [-0.1, -0.05) is 61.9 Å². The zero-order valence-electron chi connectivity index (χ0n) is 18.5. The lowest BCUT2D eigenvalue weighted by atomic mass is 9.98. The van der Waals surface area contributed by atoms with Gasteiger partial charge < -0.3 is 20.1 Å². The summed E-state index contributed by atoms with van der Waals surface area (Å²) < 4.78 is 5.59. The number of nitrogens with one attached hydrogen (secondary N) is 1. The van der Waals surface area contributed by atoms with E-state index in [0.29, 0.717) is 30.9 Å². The zero-order valence-corrected chi connectivity index (χ0v) is 19.3. The topological polar surface area (TPSA) is 95.9 Å². The Hall–Kier alpha value is -3.00. The van der Waals surface area contributed by atoms with E-state index < -0.39 is 24.1 Å². The number of carboxylic acid groups (broad SMARTS) is 1. The van der Waals surface area contributed by atoms with Crippen LogP contribution >= 0.6 is 11.8 Å². The fourth-order valence-corrected chi connectivity index (χ4v) is 5.64. The number of thioether (sulfide) groups is 1. The molecule has 0 aromatic heterocycles. The second kappa shape index (κ2) is 10.3. The molecular formula is C25H28N2O5S. The number of fused-ring (bicyclic) bond motifs is 3. The number of hydrogen-bond donors (Lipinski definition) is 2. The van der Waals surface area contributed by atoms with Crippen LogP contribution in [0.2, 0.25) is 0 Å². The van der Waals surface area contributed by atoms with Crippen molar-refractivity contribution in [3.63, 3.8) is 0 Å². The molecule has 0 radical (unpaired) electrons. The average Bonchev–Trinajstić information content (AvgIpc) is 3.15. The van der Waals surface area contributed by atoms with Gasteiger partial charge in [-0.3, -0.25) is 4.79 Å². The monoisotopic (exact) mass is 468 g/mol. The fraction of sp³-hybridized carbons (Fsp3) is 0.400. The van der Waals surface area contributed by atoms with E-state index in [1.54, 1.807) is 0 Å². The van der Waals surface area contributed by atoms with E-state index in [1.165, 1.54) is 16.7 Å². The van der Waals surface area contributed by atoms with Gasteiger partial charge in [0.2, 0.25) is 5.91 Å². The van der Waals surface area contributed by atoms with Crippen molar-refractivity contribution in [2.45, 2.75) is 37.8 Å². The first-order valence-corrected chi connectivity index (χ1v) is 12.4. The molecule has 0 spiro atoms. The van der Waals surface area contributed by atoms with Crippen molar-refractivity contribution in [2.24, 2.45) is 0 Å². The second-order valence-corrected chi connectivity index (χ2v) is 9.42. The van der Waals surface area contributed by atoms with Crippen LogP contribution in [0.25, 0.3) is 11.1 Å². The van der Waals surface area contributed by atoms with Gasteiger partial charge in [-0.2, -0.15) is 11.8 Å². The molecule has 8 heteroatoms.